The van der Waals surface area contributed by atoms with Gasteiger partial charge in [-0.3, -0.25) is 13.9 Å². The van der Waals surface area contributed by atoms with E-state index >= 15 is 0 Å². The molecular weight excluding hydrogens is 490 g/mol. The molecule has 0 aliphatic rings. The lowest BCUT2D eigenvalue weighted by Gasteiger charge is -2.25. The maximum Gasteiger partial charge on any atom is 0.329 e. The summed E-state index contributed by atoms with van der Waals surface area (Å²) in [6.45, 7) is 2.45. The fraction of sp³-hybridized carbons (Fsp3) is 0.310. The Balaban J connectivity index is 1.49. The van der Waals surface area contributed by atoms with Crippen molar-refractivity contribution >= 4 is 16.9 Å². The summed E-state index contributed by atoms with van der Waals surface area (Å²) in [5, 5.41) is 17.0. The molecule has 0 saturated heterocycles. The Hall–Kier alpha value is -3.82. The highest BCUT2D eigenvalue weighted by atomic mass is 19.1. The average Bonchev–Trinajstić information content (AvgIpc) is 3.12. The van der Waals surface area contributed by atoms with Crippen LogP contribution in [-0.4, -0.2) is 38.8 Å². The lowest BCUT2D eigenvalue weighted by atomic mass is 10.0. The fourth-order valence-corrected chi connectivity index (χ4v) is 4.64. The molecule has 4 rings (SSSR count). The number of carbonyl (C=O) groups excluding carboxylic acids is 1. The van der Waals surface area contributed by atoms with Gasteiger partial charge in [0.05, 0.1) is 23.2 Å². The number of aliphatic hydroxyl groups excluding tert-OH is 1. The molecule has 0 aliphatic heterocycles. The van der Waals surface area contributed by atoms with Gasteiger partial charge in [0.1, 0.15) is 18.2 Å². The molecule has 7 nitrogen and oxygen atoms in total. The zero-order chi connectivity index (χ0) is 27.2. The summed E-state index contributed by atoms with van der Waals surface area (Å²) in [5.41, 5.74) is 3.50. The number of imidazole rings is 1. The van der Waals surface area contributed by atoms with E-state index in [-0.39, 0.29) is 25.2 Å². The minimum absolute atomic E-state index is 0.000970. The van der Waals surface area contributed by atoms with Crippen molar-refractivity contribution in [3.8, 4) is 0 Å². The van der Waals surface area contributed by atoms with Crippen LogP contribution in [0.4, 0.5) is 8.78 Å². The smallest absolute Gasteiger partial charge is 0.329 e. The number of aryl methyl sites for hydroxylation is 2. The number of benzene rings is 3. The molecule has 0 unspecified atom stereocenters. The quantitative estimate of drug-likeness (QED) is 0.283. The fourth-order valence-electron chi connectivity index (χ4n) is 4.64. The standard InChI is InChI=1S/C29H32F2N4O3/c1-3-19-7-6-8-20(11-19)16-32-17-27(36)24(14-21-12-22(30)15-23(31)13-21)33-28(37)18-35-26-10-5-4-9-25(26)34(2)29(35)38/h4-13,15,24,27,32,36H,3,14,16-18H2,1-2H3,(H,33,37)/t24-,27-/m0/s1. The molecule has 3 N–H and O–H groups in total. The number of nitrogens with one attached hydrogen (secondary N) is 2. The van der Waals surface area contributed by atoms with Crippen LogP contribution in [-0.2, 0) is 37.8 Å². The second kappa shape index (κ2) is 12.1. The molecular formula is C29H32F2N4O3. The molecule has 38 heavy (non-hydrogen) atoms. The summed E-state index contributed by atoms with van der Waals surface area (Å²) in [4.78, 5) is 25.8. The van der Waals surface area contributed by atoms with Crippen molar-refractivity contribution in [2.75, 3.05) is 6.54 Å². The summed E-state index contributed by atoms with van der Waals surface area (Å²) in [5.74, 6) is -1.98. The van der Waals surface area contributed by atoms with Crippen molar-refractivity contribution in [3.63, 3.8) is 0 Å². The van der Waals surface area contributed by atoms with Crippen molar-refractivity contribution < 1.29 is 18.7 Å². The summed E-state index contributed by atoms with van der Waals surface area (Å²) in [6.07, 6.45) is -0.156. The Morgan fingerprint density at radius 3 is 2.34 bits per heavy atom. The van der Waals surface area contributed by atoms with Gasteiger partial charge in [0.25, 0.3) is 0 Å². The minimum atomic E-state index is -1.07. The topological polar surface area (TPSA) is 88.3 Å². The molecule has 0 fully saturated rings. The first kappa shape index (κ1) is 27.2. The van der Waals surface area contributed by atoms with Crippen LogP contribution in [0.1, 0.15) is 23.6 Å². The second-order valence-corrected chi connectivity index (χ2v) is 9.44. The highest BCUT2D eigenvalue weighted by Gasteiger charge is 2.23. The molecule has 0 radical (unpaired) electrons. The van der Waals surface area contributed by atoms with Crippen LogP contribution in [0.5, 0.6) is 0 Å². The summed E-state index contributed by atoms with van der Waals surface area (Å²) in [6, 6.07) is 17.5. The minimum Gasteiger partial charge on any atom is -0.390 e. The molecule has 0 spiro atoms. The van der Waals surface area contributed by atoms with Gasteiger partial charge in [-0.15, -0.1) is 0 Å². The number of hydrogen-bond acceptors (Lipinski definition) is 4. The van der Waals surface area contributed by atoms with Crippen LogP contribution in [0.25, 0.3) is 11.0 Å². The molecule has 200 valence electrons. The number of rotatable bonds is 11. The van der Waals surface area contributed by atoms with Gasteiger partial charge in [-0.05, 0) is 53.8 Å². The monoisotopic (exact) mass is 522 g/mol. The van der Waals surface area contributed by atoms with Crippen LogP contribution >= 0.6 is 0 Å². The Labute approximate surface area is 219 Å². The molecule has 1 aromatic heterocycles. The Kier molecular flexibility index (Phi) is 8.70. The predicted octanol–water partition coefficient (Wildman–Crippen LogP) is 3.06. The lowest BCUT2D eigenvalue weighted by molar-refractivity contribution is -0.123. The normalized spacial score (nSPS) is 13.0. The number of fused-ring (bicyclic) bond motifs is 1. The highest BCUT2D eigenvalue weighted by molar-refractivity contribution is 5.81. The van der Waals surface area contributed by atoms with E-state index < -0.39 is 29.7 Å². The van der Waals surface area contributed by atoms with Gasteiger partial charge in [0.2, 0.25) is 5.91 Å². The van der Waals surface area contributed by atoms with Crippen molar-refractivity contribution in [3.05, 3.63) is 106 Å². The molecule has 4 aromatic rings. The zero-order valence-electron chi connectivity index (χ0n) is 21.5. The Morgan fingerprint density at radius 2 is 1.63 bits per heavy atom. The van der Waals surface area contributed by atoms with Crippen molar-refractivity contribution in [2.24, 2.45) is 7.05 Å². The number of nitrogens with zero attached hydrogens (tertiary/aromatic N) is 2. The third kappa shape index (κ3) is 6.54. The molecule has 3 aromatic carbocycles. The summed E-state index contributed by atoms with van der Waals surface area (Å²) >= 11 is 0. The Morgan fingerprint density at radius 1 is 0.947 bits per heavy atom. The van der Waals surface area contributed by atoms with E-state index in [1.54, 1.807) is 25.2 Å². The first-order valence-electron chi connectivity index (χ1n) is 12.6. The van der Waals surface area contributed by atoms with E-state index in [1.165, 1.54) is 26.8 Å². The van der Waals surface area contributed by atoms with E-state index in [9.17, 15) is 23.5 Å². The van der Waals surface area contributed by atoms with Crippen LogP contribution in [0.15, 0.2) is 71.5 Å². The average molecular weight is 523 g/mol. The third-order valence-electron chi connectivity index (χ3n) is 6.62. The number of aromatic nitrogens is 2. The van der Waals surface area contributed by atoms with Crippen molar-refractivity contribution in [1.29, 1.82) is 0 Å². The van der Waals surface area contributed by atoms with Crippen molar-refractivity contribution in [2.45, 2.75) is 45.0 Å². The van der Waals surface area contributed by atoms with E-state index in [1.807, 2.05) is 24.3 Å². The van der Waals surface area contributed by atoms with Crippen LogP contribution in [0.2, 0.25) is 0 Å². The van der Waals surface area contributed by atoms with Gasteiger partial charge in [0.15, 0.2) is 0 Å². The van der Waals surface area contributed by atoms with Gasteiger partial charge < -0.3 is 15.7 Å². The summed E-state index contributed by atoms with van der Waals surface area (Å²) < 4.78 is 30.5. The number of aliphatic hydroxyl groups is 1. The van der Waals surface area contributed by atoms with Gasteiger partial charge in [-0.1, -0.05) is 43.3 Å². The molecule has 1 heterocycles. The molecule has 1 amide bonds. The molecule has 0 bridgehead atoms. The molecule has 0 saturated carbocycles. The molecule has 2 atom stereocenters. The third-order valence-corrected chi connectivity index (χ3v) is 6.62. The van der Waals surface area contributed by atoms with Crippen molar-refractivity contribution in [1.82, 2.24) is 19.8 Å². The molecule has 9 heteroatoms. The zero-order valence-corrected chi connectivity index (χ0v) is 21.5. The van der Waals surface area contributed by atoms with Crippen LogP contribution < -0.4 is 16.3 Å². The van der Waals surface area contributed by atoms with Crippen LogP contribution in [0, 0.1) is 11.6 Å². The van der Waals surface area contributed by atoms with Crippen LogP contribution in [0.3, 0.4) is 0 Å². The SMILES string of the molecule is CCc1cccc(CNC[C@H](O)[C@H](Cc2cc(F)cc(F)c2)NC(=O)Cn2c(=O)n(C)c3ccccc32)c1. The van der Waals surface area contributed by atoms with Gasteiger partial charge in [0, 0.05) is 26.2 Å². The summed E-state index contributed by atoms with van der Waals surface area (Å²) in [7, 11) is 1.63. The first-order valence-corrected chi connectivity index (χ1v) is 12.6. The number of para-hydroxylation sites is 2. The second-order valence-electron chi connectivity index (χ2n) is 9.44. The Bertz CT molecular complexity index is 1460. The van der Waals surface area contributed by atoms with E-state index in [0.717, 1.165) is 18.1 Å². The largest absolute Gasteiger partial charge is 0.390 e. The number of halogens is 2. The lowest BCUT2D eigenvalue weighted by Crippen LogP contribution is -2.50. The number of carbonyl (C=O) groups is 1. The maximum absolute atomic E-state index is 13.8. The molecule has 0 aliphatic carbocycles. The van der Waals surface area contributed by atoms with Gasteiger partial charge in [-0.2, -0.15) is 0 Å². The number of amides is 1. The predicted molar refractivity (Wildman–Crippen MR) is 143 cm³/mol. The van der Waals surface area contributed by atoms with Gasteiger partial charge in [-0.25, -0.2) is 13.6 Å². The highest BCUT2D eigenvalue weighted by Crippen LogP contribution is 2.14. The van der Waals surface area contributed by atoms with E-state index in [0.29, 0.717) is 23.1 Å². The van der Waals surface area contributed by atoms with Gasteiger partial charge >= 0.3 is 5.69 Å². The maximum atomic E-state index is 13.8. The van der Waals surface area contributed by atoms with E-state index in [2.05, 4.69) is 23.6 Å². The van der Waals surface area contributed by atoms with E-state index in [4.69, 9.17) is 0 Å². The first-order chi connectivity index (χ1) is 18.2. The number of hydrogen-bond donors (Lipinski definition) is 3.